The molecule has 3 rings (SSSR count). The smallest absolute Gasteiger partial charge is 0.269 e. The fourth-order valence-electron chi connectivity index (χ4n) is 1.79. The van der Waals surface area contributed by atoms with Gasteiger partial charge in [0.15, 0.2) is 23.9 Å². The van der Waals surface area contributed by atoms with Gasteiger partial charge in [-0.25, -0.2) is 9.50 Å². The van der Waals surface area contributed by atoms with Gasteiger partial charge in [0.2, 0.25) is 0 Å². The summed E-state index contributed by atoms with van der Waals surface area (Å²) in [5.74, 6) is 0.302. The summed E-state index contributed by atoms with van der Waals surface area (Å²) in [6.45, 7) is 0. The molecule has 0 bridgehead atoms. The van der Waals surface area contributed by atoms with E-state index < -0.39 is 10.1 Å². The lowest BCUT2D eigenvalue weighted by Gasteiger charge is -1.98. The van der Waals surface area contributed by atoms with E-state index in [-0.39, 0.29) is 5.88 Å². The van der Waals surface area contributed by atoms with Crippen LogP contribution in [0.15, 0.2) is 43.1 Å². The molecule has 0 N–H and O–H groups in total. The van der Waals surface area contributed by atoms with Crippen molar-refractivity contribution >= 4 is 15.8 Å². The summed E-state index contributed by atoms with van der Waals surface area (Å²) < 4.78 is 30.3. The zero-order valence-corrected chi connectivity index (χ0v) is 11.9. The third-order valence-electron chi connectivity index (χ3n) is 2.85. The molecule has 0 aliphatic heterocycles. The molecule has 0 aliphatic carbocycles. The van der Waals surface area contributed by atoms with Gasteiger partial charge < -0.3 is 0 Å². The first-order valence-corrected chi connectivity index (χ1v) is 7.59. The van der Waals surface area contributed by atoms with E-state index >= 15 is 0 Å². The molecule has 9 heteroatoms. The Kier molecular flexibility index (Phi) is 3.35. The van der Waals surface area contributed by atoms with E-state index in [0.717, 1.165) is 12.7 Å². The molecule has 0 fully saturated rings. The Labute approximate surface area is 120 Å². The Hall–Kier alpha value is -2.39. The molecule has 0 radical (unpaired) electrons. The maximum absolute atomic E-state index is 11.4. The molecule has 0 unspecified atom stereocenters. The molecule has 0 spiro atoms. The van der Waals surface area contributed by atoms with Crippen LogP contribution in [0.25, 0.3) is 17.0 Å². The summed E-state index contributed by atoms with van der Waals surface area (Å²) in [6, 6.07) is 3.49. The molecule has 8 nitrogen and oxygen atoms in total. The SMILES string of the molecule is COS(=O)(=O)C[n+]1ccc(-c2nc3cnccn3n2)cc1. The van der Waals surface area contributed by atoms with Crippen LogP contribution >= 0.6 is 0 Å². The van der Waals surface area contributed by atoms with E-state index in [2.05, 4.69) is 19.2 Å². The minimum absolute atomic E-state index is 0.244. The molecule has 0 amide bonds. The zero-order chi connectivity index (χ0) is 14.9. The van der Waals surface area contributed by atoms with Crippen molar-refractivity contribution in [1.82, 2.24) is 19.6 Å². The van der Waals surface area contributed by atoms with Gasteiger partial charge in [0.05, 0.1) is 13.3 Å². The van der Waals surface area contributed by atoms with E-state index in [1.165, 1.54) is 4.57 Å². The fraction of sp³-hybridized carbons (Fsp3) is 0.167. The third kappa shape index (κ3) is 2.88. The Balaban J connectivity index is 1.90. The molecule has 21 heavy (non-hydrogen) atoms. The van der Waals surface area contributed by atoms with Gasteiger partial charge in [-0.05, 0) is 0 Å². The van der Waals surface area contributed by atoms with Crippen molar-refractivity contribution in [3.63, 3.8) is 0 Å². The van der Waals surface area contributed by atoms with Gasteiger partial charge in [0.1, 0.15) is 0 Å². The lowest BCUT2D eigenvalue weighted by Crippen LogP contribution is -2.37. The van der Waals surface area contributed by atoms with Crippen molar-refractivity contribution in [3.8, 4) is 11.4 Å². The first-order valence-electron chi connectivity index (χ1n) is 6.01. The van der Waals surface area contributed by atoms with Crippen LogP contribution in [0.1, 0.15) is 0 Å². The Bertz CT molecular complexity index is 840. The third-order valence-corrected chi connectivity index (χ3v) is 3.97. The number of hydrogen-bond acceptors (Lipinski definition) is 6. The molecule has 3 heterocycles. The van der Waals surface area contributed by atoms with Crippen LogP contribution in [-0.2, 0) is 20.2 Å². The number of nitrogens with zero attached hydrogens (tertiary/aromatic N) is 5. The van der Waals surface area contributed by atoms with Crippen molar-refractivity contribution in [1.29, 1.82) is 0 Å². The number of aromatic nitrogens is 5. The predicted molar refractivity (Wildman–Crippen MR) is 72.3 cm³/mol. The lowest BCUT2D eigenvalue weighted by molar-refractivity contribution is -0.678. The maximum atomic E-state index is 11.4. The number of fused-ring (bicyclic) bond motifs is 1. The van der Waals surface area contributed by atoms with E-state index in [1.54, 1.807) is 47.6 Å². The highest BCUT2D eigenvalue weighted by Crippen LogP contribution is 2.13. The van der Waals surface area contributed by atoms with Gasteiger partial charge in [0, 0.05) is 30.1 Å². The van der Waals surface area contributed by atoms with Crippen molar-refractivity contribution in [2.45, 2.75) is 5.88 Å². The summed E-state index contributed by atoms with van der Waals surface area (Å²) in [7, 11) is -2.41. The molecular weight excluding hydrogens is 294 g/mol. The van der Waals surface area contributed by atoms with Crippen LogP contribution in [-0.4, -0.2) is 35.1 Å². The topological polar surface area (TPSA) is 90.3 Å². The summed E-state index contributed by atoms with van der Waals surface area (Å²) >= 11 is 0. The molecule has 0 aromatic carbocycles. The highest BCUT2D eigenvalue weighted by Gasteiger charge is 2.16. The largest absolute Gasteiger partial charge is 0.329 e. The molecule has 0 saturated carbocycles. The quantitative estimate of drug-likeness (QED) is 0.498. The first kappa shape index (κ1) is 13.6. The van der Waals surface area contributed by atoms with Crippen molar-refractivity contribution in [2.24, 2.45) is 0 Å². The van der Waals surface area contributed by atoms with Gasteiger partial charge in [-0.1, -0.05) is 0 Å². The van der Waals surface area contributed by atoms with Gasteiger partial charge in [-0.2, -0.15) is 13.0 Å². The van der Waals surface area contributed by atoms with Crippen LogP contribution < -0.4 is 4.57 Å². The van der Waals surface area contributed by atoms with E-state index in [4.69, 9.17) is 0 Å². The van der Waals surface area contributed by atoms with E-state index in [1.807, 2.05) is 0 Å². The van der Waals surface area contributed by atoms with Crippen LogP contribution in [0.4, 0.5) is 0 Å². The van der Waals surface area contributed by atoms with Crippen molar-refractivity contribution in [2.75, 3.05) is 7.11 Å². The first-order chi connectivity index (χ1) is 10.1. The molecule has 0 saturated heterocycles. The van der Waals surface area contributed by atoms with Crippen LogP contribution in [0, 0.1) is 0 Å². The monoisotopic (exact) mass is 306 g/mol. The second kappa shape index (κ2) is 5.19. The summed E-state index contributed by atoms with van der Waals surface area (Å²) in [5.41, 5.74) is 1.43. The summed E-state index contributed by atoms with van der Waals surface area (Å²) in [5, 5.41) is 4.32. The maximum Gasteiger partial charge on any atom is 0.329 e. The number of rotatable bonds is 4. The van der Waals surface area contributed by atoms with Gasteiger partial charge in [-0.3, -0.25) is 9.17 Å². The number of hydrogen-bond donors (Lipinski definition) is 0. The second-order valence-corrected chi connectivity index (χ2v) is 5.98. The Morgan fingerprint density at radius 2 is 2.10 bits per heavy atom. The van der Waals surface area contributed by atoms with Crippen LogP contribution in [0.5, 0.6) is 0 Å². The normalized spacial score (nSPS) is 11.9. The Morgan fingerprint density at radius 1 is 1.33 bits per heavy atom. The summed E-state index contributed by atoms with van der Waals surface area (Å²) in [6.07, 6.45) is 8.22. The molecule has 0 atom stereocenters. The molecule has 108 valence electrons. The van der Waals surface area contributed by atoms with Gasteiger partial charge in [-0.15, -0.1) is 5.10 Å². The average molecular weight is 306 g/mol. The van der Waals surface area contributed by atoms with Crippen LogP contribution in [0.3, 0.4) is 0 Å². The van der Waals surface area contributed by atoms with Gasteiger partial charge in [0.25, 0.3) is 5.88 Å². The van der Waals surface area contributed by atoms with Gasteiger partial charge >= 0.3 is 10.1 Å². The highest BCUT2D eigenvalue weighted by molar-refractivity contribution is 7.85. The lowest BCUT2D eigenvalue weighted by atomic mass is 10.2. The Morgan fingerprint density at radius 3 is 2.76 bits per heavy atom. The van der Waals surface area contributed by atoms with Crippen molar-refractivity contribution in [3.05, 3.63) is 43.1 Å². The van der Waals surface area contributed by atoms with Crippen molar-refractivity contribution < 1.29 is 17.2 Å². The molecule has 0 aliphatic rings. The molecule has 3 aromatic rings. The van der Waals surface area contributed by atoms with E-state index in [0.29, 0.717) is 11.5 Å². The average Bonchev–Trinajstić information content (AvgIpc) is 2.91. The predicted octanol–water partition coefficient (Wildman–Crippen LogP) is 0.0125. The highest BCUT2D eigenvalue weighted by atomic mass is 32.2. The molecular formula is C12H12N5O3S+. The van der Waals surface area contributed by atoms with E-state index in [9.17, 15) is 8.42 Å². The molecule has 3 aromatic heterocycles. The fourth-order valence-corrected chi connectivity index (χ4v) is 2.44. The van der Waals surface area contributed by atoms with Crippen LogP contribution in [0.2, 0.25) is 0 Å². The zero-order valence-electron chi connectivity index (χ0n) is 11.1. The minimum atomic E-state index is -3.55. The summed E-state index contributed by atoms with van der Waals surface area (Å²) in [4.78, 5) is 8.32. The number of pyridine rings is 1. The minimum Gasteiger partial charge on any atom is -0.269 e. The standard InChI is InChI=1S/C12H12N5O3S/c1-20-21(18,19)9-16-5-2-10(3-6-16)12-14-11-8-13-4-7-17(11)15-12/h2-8H,9H2,1H3/q+1. The second-order valence-electron chi connectivity index (χ2n) is 4.27.